The molecule has 1 aliphatic carbocycles. The number of rotatable bonds is 8. The van der Waals surface area contributed by atoms with Gasteiger partial charge in [-0.1, -0.05) is 30.3 Å². The summed E-state index contributed by atoms with van der Waals surface area (Å²) in [5.41, 5.74) is 4.29. The number of anilines is 2. The Kier molecular flexibility index (Phi) is 6.95. The van der Waals surface area contributed by atoms with E-state index in [4.69, 9.17) is 0 Å². The second-order valence-corrected chi connectivity index (χ2v) is 9.46. The van der Waals surface area contributed by atoms with Crippen LogP contribution in [0.4, 0.5) is 15.9 Å². The Morgan fingerprint density at radius 2 is 1.76 bits per heavy atom. The number of aromatic nitrogens is 2. The summed E-state index contributed by atoms with van der Waals surface area (Å²) in [7, 11) is 0. The average molecular weight is 459 g/mol. The molecule has 2 aliphatic rings. The molecule has 5 rings (SSSR count). The SMILES string of the molecule is O=C(CCC1CCN(Cc2ccccc2)CC1)c1ccc(Nc2ncnc3c2CCC3F)cc1. The van der Waals surface area contributed by atoms with Crippen molar-refractivity contribution in [3.8, 4) is 0 Å². The van der Waals surface area contributed by atoms with Crippen molar-refractivity contribution in [3.63, 3.8) is 0 Å². The van der Waals surface area contributed by atoms with Gasteiger partial charge in [-0.3, -0.25) is 9.69 Å². The van der Waals surface area contributed by atoms with E-state index in [9.17, 15) is 9.18 Å². The number of carbonyl (C=O) groups is 1. The number of piperidine rings is 1. The van der Waals surface area contributed by atoms with Crippen molar-refractivity contribution in [2.75, 3.05) is 18.4 Å². The third kappa shape index (κ3) is 5.33. The molecule has 1 N–H and O–H groups in total. The molecule has 0 amide bonds. The molecule has 1 saturated heterocycles. The van der Waals surface area contributed by atoms with Gasteiger partial charge in [-0.2, -0.15) is 0 Å². The number of ketones is 1. The predicted molar refractivity (Wildman–Crippen MR) is 132 cm³/mol. The number of benzene rings is 2. The fourth-order valence-electron chi connectivity index (χ4n) is 5.09. The number of nitrogens with zero attached hydrogens (tertiary/aromatic N) is 3. The van der Waals surface area contributed by atoms with E-state index >= 15 is 0 Å². The van der Waals surface area contributed by atoms with Crippen molar-refractivity contribution in [2.24, 2.45) is 5.92 Å². The summed E-state index contributed by atoms with van der Waals surface area (Å²) in [6.45, 7) is 3.22. The number of Topliss-reactive ketones (excluding diaryl/α,β-unsaturated/α-hetero) is 1. The van der Waals surface area contributed by atoms with Gasteiger partial charge in [0.25, 0.3) is 0 Å². The van der Waals surface area contributed by atoms with E-state index in [0.717, 1.165) is 55.7 Å². The normalized spacial score (nSPS) is 18.6. The molecule has 5 nitrogen and oxygen atoms in total. The highest BCUT2D eigenvalue weighted by molar-refractivity contribution is 5.96. The zero-order valence-electron chi connectivity index (χ0n) is 19.4. The van der Waals surface area contributed by atoms with Gasteiger partial charge >= 0.3 is 0 Å². The van der Waals surface area contributed by atoms with Crippen molar-refractivity contribution in [1.29, 1.82) is 0 Å². The molecule has 1 atom stereocenters. The van der Waals surface area contributed by atoms with Gasteiger partial charge in [0.2, 0.25) is 0 Å². The molecule has 176 valence electrons. The van der Waals surface area contributed by atoms with Crippen LogP contribution in [-0.4, -0.2) is 33.7 Å². The molecule has 1 aromatic heterocycles. The first-order chi connectivity index (χ1) is 16.7. The standard InChI is InChI=1S/C28H31FN4O/c29-25-12-11-24-27(25)30-19-31-28(24)32-23-9-7-22(8-10-23)26(34)13-6-20-14-16-33(17-15-20)18-21-4-2-1-3-5-21/h1-5,7-10,19-20,25H,6,11-18H2,(H,30,31,32). The topological polar surface area (TPSA) is 58.1 Å². The van der Waals surface area contributed by atoms with Gasteiger partial charge in [-0.05, 0) is 80.9 Å². The van der Waals surface area contributed by atoms with E-state index in [2.05, 4.69) is 50.5 Å². The van der Waals surface area contributed by atoms with Crippen LogP contribution in [0, 0.1) is 5.92 Å². The number of carbonyl (C=O) groups excluding carboxylic acids is 1. The number of fused-ring (bicyclic) bond motifs is 1. The second-order valence-electron chi connectivity index (χ2n) is 9.46. The Morgan fingerprint density at radius 1 is 1.00 bits per heavy atom. The van der Waals surface area contributed by atoms with E-state index in [1.807, 2.05) is 24.3 Å². The Labute approximate surface area is 200 Å². The minimum Gasteiger partial charge on any atom is -0.340 e. The van der Waals surface area contributed by atoms with E-state index < -0.39 is 6.17 Å². The third-order valence-electron chi connectivity index (χ3n) is 7.13. The quantitative estimate of drug-likeness (QED) is 0.416. The molecule has 2 heterocycles. The Hall–Kier alpha value is -3.12. The molecule has 0 spiro atoms. The van der Waals surface area contributed by atoms with Gasteiger partial charge in [0.15, 0.2) is 5.78 Å². The molecule has 0 saturated carbocycles. The van der Waals surface area contributed by atoms with Crippen molar-refractivity contribution in [2.45, 2.75) is 51.2 Å². The molecule has 1 fully saturated rings. The molecule has 0 radical (unpaired) electrons. The summed E-state index contributed by atoms with van der Waals surface area (Å²) in [6.07, 6.45) is 5.36. The summed E-state index contributed by atoms with van der Waals surface area (Å²) in [5, 5.41) is 3.26. The first-order valence-corrected chi connectivity index (χ1v) is 12.3. The van der Waals surface area contributed by atoms with Gasteiger partial charge < -0.3 is 5.32 Å². The van der Waals surface area contributed by atoms with Gasteiger partial charge in [0, 0.05) is 29.8 Å². The van der Waals surface area contributed by atoms with Crippen LogP contribution >= 0.6 is 0 Å². The summed E-state index contributed by atoms with van der Waals surface area (Å²) < 4.78 is 13.9. The number of hydrogen-bond donors (Lipinski definition) is 1. The lowest BCUT2D eigenvalue weighted by Gasteiger charge is -2.32. The summed E-state index contributed by atoms with van der Waals surface area (Å²) in [4.78, 5) is 23.6. The van der Waals surface area contributed by atoms with Crippen molar-refractivity contribution >= 4 is 17.3 Å². The molecule has 2 aromatic carbocycles. The van der Waals surface area contributed by atoms with E-state index in [1.54, 1.807) is 0 Å². The number of alkyl halides is 1. The fourth-order valence-corrected chi connectivity index (χ4v) is 5.09. The molecule has 6 heteroatoms. The minimum absolute atomic E-state index is 0.196. The van der Waals surface area contributed by atoms with Crippen LogP contribution in [0.15, 0.2) is 60.9 Å². The first-order valence-electron chi connectivity index (χ1n) is 12.3. The van der Waals surface area contributed by atoms with Gasteiger partial charge in [-0.25, -0.2) is 14.4 Å². The van der Waals surface area contributed by atoms with Gasteiger partial charge in [0.05, 0.1) is 5.69 Å². The largest absolute Gasteiger partial charge is 0.340 e. The van der Waals surface area contributed by atoms with Crippen LogP contribution in [0.25, 0.3) is 0 Å². The molecule has 34 heavy (non-hydrogen) atoms. The van der Waals surface area contributed by atoms with Crippen molar-refractivity contribution in [3.05, 3.63) is 83.3 Å². The van der Waals surface area contributed by atoms with E-state index in [1.165, 1.54) is 11.9 Å². The molecular weight excluding hydrogens is 427 g/mol. The van der Waals surface area contributed by atoms with Crippen LogP contribution < -0.4 is 5.32 Å². The van der Waals surface area contributed by atoms with E-state index in [0.29, 0.717) is 36.7 Å². The smallest absolute Gasteiger partial charge is 0.162 e. The maximum absolute atomic E-state index is 13.9. The van der Waals surface area contributed by atoms with Crippen molar-refractivity contribution in [1.82, 2.24) is 14.9 Å². The van der Waals surface area contributed by atoms with Crippen LogP contribution in [0.5, 0.6) is 0 Å². The Morgan fingerprint density at radius 3 is 2.53 bits per heavy atom. The van der Waals surface area contributed by atoms with Crippen LogP contribution in [0.3, 0.4) is 0 Å². The molecular formula is C28H31FN4O. The Balaban J connectivity index is 1.09. The van der Waals surface area contributed by atoms with Crippen LogP contribution in [0.1, 0.15) is 65.5 Å². The maximum atomic E-state index is 13.9. The van der Waals surface area contributed by atoms with Gasteiger partial charge in [-0.15, -0.1) is 0 Å². The lowest BCUT2D eigenvalue weighted by molar-refractivity contribution is 0.0961. The number of hydrogen-bond acceptors (Lipinski definition) is 5. The average Bonchev–Trinajstić information content (AvgIpc) is 3.26. The summed E-state index contributed by atoms with van der Waals surface area (Å²) in [6, 6.07) is 18.1. The highest BCUT2D eigenvalue weighted by Gasteiger charge is 2.26. The molecule has 1 aliphatic heterocycles. The number of nitrogens with one attached hydrogen (secondary N) is 1. The van der Waals surface area contributed by atoms with E-state index in [-0.39, 0.29) is 5.78 Å². The van der Waals surface area contributed by atoms with Crippen molar-refractivity contribution < 1.29 is 9.18 Å². The number of halogens is 1. The highest BCUT2D eigenvalue weighted by Crippen LogP contribution is 2.36. The predicted octanol–water partition coefficient (Wildman–Crippen LogP) is 6.05. The maximum Gasteiger partial charge on any atom is 0.162 e. The lowest BCUT2D eigenvalue weighted by Crippen LogP contribution is -2.33. The first kappa shape index (κ1) is 22.7. The minimum atomic E-state index is -1.00. The molecule has 1 unspecified atom stereocenters. The third-order valence-corrected chi connectivity index (χ3v) is 7.13. The fraction of sp³-hybridized carbons (Fsp3) is 0.393. The molecule has 0 bridgehead atoms. The lowest BCUT2D eigenvalue weighted by atomic mass is 9.90. The van der Waals surface area contributed by atoms with Crippen LogP contribution in [-0.2, 0) is 13.0 Å². The summed E-state index contributed by atoms with van der Waals surface area (Å²) >= 11 is 0. The Bertz CT molecular complexity index is 1110. The summed E-state index contributed by atoms with van der Waals surface area (Å²) in [5.74, 6) is 1.47. The monoisotopic (exact) mass is 458 g/mol. The zero-order chi connectivity index (χ0) is 23.3. The second kappa shape index (κ2) is 10.4. The highest BCUT2D eigenvalue weighted by atomic mass is 19.1. The molecule has 3 aromatic rings. The van der Waals surface area contributed by atoms with Gasteiger partial charge in [0.1, 0.15) is 18.3 Å². The van der Waals surface area contributed by atoms with Crippen LogP contribution in [0.2, 0.25) is 0 Å². The number of likely N-dealkylation sites (tertiary alicyclic amines) is 1. The zero-order valence-corrected chi connectivity index (χ0v) is 19.4.